The van der Waals surface area contributed by atoms with E-state index < -0.39 is 33.2 Å². The van der Waals surface area contributed by atoms with Gasteiger partial charge in [-0.3, -0.25) is 19.4 Å². The van der Waals surface area contributed by atoms with Gasteiger partial charge >= 0.3 is 6.18 Å². The summed E-state index contributed by atoms with van der Waals surface area (Å²) in [7, 11) is -2.20. The molecule has 1 fully saturated rings. The Balaban J connectivity index is 1.39. The molecule has 0 aromatic heterocycles. The van der Waals surface area contributed by atoms with Crippen LogP contribution >= 0.6 is 0 Å². The molecule has 7 rings (SSSR count). The number of halogens is 3. The lowest BCUT2D eigenvalue weighted by atomic mass is 9.89. The van der Waals surface area contributed by atoms with E-state index in [2.05, 4.69) is 10.3 Å². The van der Waals surface area contributed by atoms with Crippen molar-refractivity contribution in [3.63, 3.8) is 0 Å². The zero-order chi connectivity index (χ0) is 34.0. The van der Waals surface area contributed by atoms with E-state index in [1.165, 1.54) is 22.3 Å². The van der Waals surface area contributed by atoms with E-state index in [1.54, 1.807) is 25.1 Å². The van der Waals surface area contributed by atoms with Crippen LogP contribution in [0.1, 0.15) is 58.3 Å². The highest BCUT2D eigenvalue weighted by molar-refractivity contribution is 7.89. The molecule has 0 atom stereocenters. The van der Waals surface area contributed by atoms with Gasteiger partial charge in [0.25, 0.3) is 11.8 Å². The summed E-state index contributed by atoms with van der Waals surface area (Å²) < 4.78 is 80.3. The van der Waals surface area contributed by atoms with Crippen LogP contribution in [-0.4, -0.2) is 98.9 Å². The predicted octanol–water partition coefficient (Wildman–Crippen LogP) is 3.13. The lowest BCUT2D eigenvalue weighted by Crippen LogP contribution is -2.50. The Morgan fingerprint density at radius 1 is 0.957 bits per heavy atom. The Labute approximate surface area is 271 Å². The van der Waals surface area contributed by atoms with Crippen molar-refractivity contribution in [3.8, 4) is 5.75 Å². The first kappa shape index (κ1) is 34.5. The molecule has 11 nitrogen and oxygen atoms in total. The first-order valence-corrected chi connectivity index (χ1v) is 17.0. The molecule has 7 bridgehead atoms. The van der Waals surface area contributed by atoms with Crippen molar-refractivity contribution in [2.75, 3.05) is 52.3 Å². The number of fused-ring (bicyclic) bond motifs is 2. The normalized spacial score (nSPS) is 24.8. The van der Waals surface area contributed by atoms with Crippen LogP contribution < -0.4 is 10.1 Å². The number of sulfonamides is 1. The number of nitrogens with zero attached hydrogens (tertiary/aromatic N) is 3. The smallest absolute Gasteiger partial charge is 0.416 e. The van der Waals surface area contributed by atoms with Crippen molar-refractivity contribution in [3.05, 3.63) is 64.2 Å². The minimum atomic E-state index is -4.70. The van der Waals surface area contributed by atoms with Crippen molar-refractivity contribution < 1.29 is 45.4 Å². The van der Waals surface area contributed by atoms with E-state index >= 15 is 0 Å². The fourth-order valence-electron chi connectivity index (χ4n) is 5.91. The number of amidine groups is 1. The molecular formula is C32H37F3N4O7S. The van der Waals surface area contributed by atoms with E-state index in [9.17, 15) is 36.0 Å². The second kappa shape index (κ2) is 13.7. The van der Waals surface area contributed by atoms with Gasteiger partial charge in [-0.05, 0) is 74.1 Å². The van der Waals surface area contributed by atoms with Gasteiger partial charge in [-0.25, -0.2) is 12.7 Å². The fraction of sp³-hybridized carbons (Fsp3) is 0.500. The molecule has 0 saturated carbocycles. The second-order valence-corrected chi connectivity index (χ2v) is 14.1. The van der Waals surface area contributed by atoms with E-state index in [4.69, 9.17) is 9.47 Å². The summed E-state index contributed by atoms with van der Waals surface area (Å²) in [6, 6.07) is 8.10. The van der Waals surface area contributed by atoms with Crippen LogP contribution in [-0.2, 0) is 36.9 Å². The highest BCUT2D eigenvalue weighted by Gasteiger charge is 2.47. The number of Topliss-reactive ketones (excluding diaryl/α,β-unsaturated/α-hetero) is 1. The monoisotopic (exact) mass is 678 g/mol. The number of aryl methyl sites for hydroxylation is 2. The molecule has 5 aliphatic heterocycles. The van der Waals surface area contributed by atoms with Crippen molar-refractivity contribution in [2.45, 2.75) is 50.7 Å². The van der Waals surface area contributed by atoms with Gasteiger partial charge in [0, 0.05) is 44.3 Å². The van der Waals surface area contributed by atoms with E-state index in [-0.39, 0.29) is 99.7 Å². The van der Waals surface area contributed by atoms with Gasteiger partial charge in [0.05, 0.1) is 24.5 Å². The Morgan fingerprint density at radius 2 is 1.70 bits per heavy atom. The number of hydrogen-bond donors (Lipinski definition) is 1. The number of carbonyl (C=O) groups excluding carboxylic acids is 3. The lowest BCUT2D eigenvalue weighted by Gasteiger charge is -2.34. The van der Waals surface area contributed by atoms with Gasteiger partial charge in [-0.1, -0.05) is 6.07 Å². The lowest BCUT2D eigenvalue weighted by molar-refractivity contribution is -0.137. The third-order valence-corrected chi connectivity index (χ3v) is 10.5. The van der Waals surface area contributed by atoms with Crippen LogP contribution in [0.2, 0.25) is 0 Å². The van der Waals surface area contributed by atoms with Crippen LogP contribution in [0.15, 0.2) is 41.4 Å². The molecule has 2 aromatic carbocycles. The van der Waals surface area contributed by atoms with Crippen LogP contribution in [0.3, 0.4) is 0 Å². The van der Waals surface area contributed by atoms with Crippen LogP contribution in [0, 0.1) is 6.92 Å². The second-order valence-electron chi connectivity index (χ2n) is 12.1. The highest BCUT2D eigenvalue weighted by atomic mass is 32.2. The molecular weight excluding hydrogens is 641 g/mol. The minimum Gasteiger partial charge on any atom is -0.491 e. The summed E-state index contributed by atoms with van der Waals surface area (Å²) in [4.78, 5) is 44.4. The highest BCUT2D eigenvalue weighted by Crippen LogP contribution is 2.36. The Morgan fingerprint density at radius 3 is 2.40 bits per heavy atom. The summed E-state index contributed by atoms with van der Waals surface area (Å²) in [5.41, 5.74) is -0.402. The molecule has 2 aromatic rings. The molecule has 47 heavy (non-hydrogen) atoms. The zero-order valence-corrected chi connectivity index (χ0v) is 27.0. The molecule has 2 amide bonds. The van der Waals surface area contributed by atoms with E-state index in [0.717, 1.165) is 23.3 Å². The Kier molecular flexibility index (Phi) is 10.1. The molecule has 0 aliphatic carbocycles. The average Bonchev–Trinajstić information content (AvgIpc) is 3.33. The van der Waals surface area contributed by atoms with Gasteiger partial charge in [0.15, 0.2) is 5.78 Å². The van der Waals surface area contributed by atoms with Crippen molar-refractivity contribution in [1.82, 2.24) is 14.5 Å². The number of likely N-dealkylation sites (N-methyl/N-ethyl adjacent to an activating group) is 1. The Bertz CT molecular complexity index is 1690. The van der Waals surface area contributed by atoms with Crippen molar-refractivity contribution in [1.29, 1.82) is 0 Å². The number of ether oxygens (including phenoxy) is 2. The number of amides is 2. The van der Waals surface area contributed by atoms with Gasteiger partial charge < -0.3 is 19.7 Å². The minimum absolute atomic E-state index is 0.0109. The topological polar surface area (TPSA) is 135 Å². The molecule has 0 radical (unpaired) electrons. The number of nitrogens with one attached hydrogen (secondary N) is 1. The van der Waals surface area contributed by atoms with Crippen molar-refractivity contribution >= 4 is 33.5 Å². The first-order valence-electron chi connectivity index (χ1n) is 15.4. The molecule has 15 heteroatoms. The molecule has 0 unspecified atom stereocenters. The summed E-state index contributed by atoms with van der Waals surface area (Å²) in [5, 5.41) is 2.60. The number of benzene rings is 2. The van der Waals surface area contributed by atoms with Crippen LogP contribution in [0.5, 0.6) is 5.75 Å². The number of hydrogen-bond acceptors (Lipinski definition) is 8. The molecule has 1 N–H and O–H groups in total. The third-order valence-electron chi connectivity index (χ3n) is 8.65. The van der Waals surface area contributed by atoms with Gasteiger partial charge in [-0.2, -0.15) is 13.2 Å². The quantitative estimate of drug-likeness (QED) is 0.453. The number of alkyl halides is 3. The number of piperidine rings is 1. The summed E-state index contributed by atoms with van der Waals surface area (Å²) in [6.45, 7) is 1.91. The number of ketones is 1. The Hall–Kier alpha value is -3.82. The van der Waals surface area contributed by atoms with Crippen LogP contribution in [0.4, 0.5) is 13.2 Å². The maximum absolute atomic E-state index is 13.8. The maximum Gasteiger partial charge on any atom is 0.416 e. The van der Waals surface area contributed by atoms with Crippen LogP contribution in [0.25, 0.3) is 0 Å². The van der Waals surface area contributed by atoms with Gasteiger partial charge in [0.1, 0.15) is 23.7 Å². The number of carbonyl (C=O) groups is 3. The van der Waals surface area contributed by atoms with E-state index in [1.807, 2.05) is 0 Å². The molecule has 5 heterocycles. The summed E-state index contributed by atoms with van der Waals surface area (Å²) in [5.74, 6) is -1.33. The van der Waals surface area contributed by atoms with Gasteiger partial charge in [-0.15, -0.1) is 0 Å². The maximum atomic E-state index is 13.8. The van der Waals surface area contributed by atoms with Crippen molar-refractivity contribution in [2.24, 2.45) is 4.99 Å². The van der Waals surface area contributed by atoms with E-state index in [0.29, 0.717) is 12.0 Å². The molecule has 1 saturated heterocycles. The fourth-order valence-corrected chi connectivity index (χ4v) is 7.39. The average molecular weight is 679 g/mol. The first-order chi connectivity index (χ1) is 22.2. The number of aliphatic imine (C=N–C) groups is 1. The molecule has 5 aliphatic rings. The molecule has 254 valence electrons. The third kappa shape index (κ3) is 8.01. The van der Waals surface area contributed by atoms with Gasteiger partial charge in [0.2, 0.25) is 10.0 Å². The zero-order valence-electron chi connectivity index (χ0n) is 26.2. The summed E-state index contributed by atoms with van der Waals surface area (Å²) >= 11 is 0. The molecule has 1 spiro atoms. The standard InChI is InChI=1S/C32H37F3N4O7S/c1-21-16-23-6-5-22(21)7-15-47(43,44)39-10-8-31(9-11-39)30(42)36-28(37-31)24-17-25(32(33,34)35)19-27(18-24)46-14-13-45-12-3-4-26(40)20-38(2)29(23)41/h5-6,16-19H,3-4,7-15,20H2,1-2H3,(H,36,37,42). The summed E-state index contributed by atoms with van der Waals surface area (Å²) in [6.07, 6.45) is -3.84. The largest absolute Gasteiger partial charge is 0.491 e. The SMILES string of the molecule is Cc1cc2ccc1CCS(=O)(=O)N1CCC3(CC1)N=C(NC3=O)c1cc(cc(C(F)(F)F)c1)OCCOCCCC(=O)CN(C)C2=O. The predicted molar refractivity (Wildman–Crippen MR) is 166 cm³/mol. The number of rotatable bonds is 0.